The topological polar surface area (TPSA) is 58.5 Å². The van der Waals surface area contributed by atoms with Crippen LogP contribution < -0.4 is 10.6 Å². The summed E-state index contributed by atoms with van der Waals surface area (Å²) in [4.78, 5) is 10.0. The van der Waals surface area contributed by atoms with E-state index in [-0.39, 0.29) is 5.41 Å². The molecule has 1 aliphatic heterocycles. The van der Waals surface area contributed by atoms with Crippen LogP contribution in [0.25, 0.3) is 0 Å². The summed E-state index contributed by atoms with van der Waals surface area (Å²) in [6.45, 7) is 5.16. The molecular formula is C20H27ClN4OS. The quantitative estimate of drug-likeness (QED) is 0.568. The van der Waals surface area contributed by atoms with Crippen LogP contribution in [-0.2, 0) is 16.6 Å². The Morgan fingerprint density at radius 3 is 2.74 bits per heavy atom. The van der Waals surface area contributed by atoms with Crippen LogP contribution in [-0.4, -0.2) is 44.3 Å². The van der Waals surface area contributed by atoms with Crippen molar-refractivity contribution in [3.63, 3.8) is 0 Å². The number of guanidine groups is 1. The van der Waals surface area contributed by atoms with E-state index in [0.717, 1.165) is 61.6 Å². The smallest absolute Gasteiger partial charge is 0.191 e. The van der Waals surface area contributed by atoms with Gasteiger partial charge in [-0.05, 0) is 31.4 Å². The third kappa shape index (κ3) is 5.21. The number of halogens is 1. The van der Waals surface area contributed by atoms with Gasteiger partial charge in [-0.1, -0.05) is 29.8 Å². The van der Waals surface area contributed by atoms with E-state index in [4.69, 9.17) is 16.3 Å². The van der Waals surface area contributed by atoms with Crippen LogP contribution >= 0.6 is 22.9 Å². The molecule has 146 valence electrons. The molecule has 5 nitrogen and oxygen atoms in total. The molecule has 3 rings (SSSR count). The first-order valence-electron chi connectivity index (χ1n) is 9.31. The van der Waals surface area contributed by atoms with Gasteiger partial charge in [0.15, 0.2) is 5.96 Å². The number of aliphatic imine (C=N–C) groups is 1. The van der Waals surface area contributed by atoms with Crippen LogP contribution in [0.1, 0.15) is 28.3 Å². The largest absolute Gasteiger partial charge is 0.381 e. The standard InChI is InChI=1S/C20H27ClN4OS/c1-15-13-24-18(27-15)7-10-23-19(22-2)25-14-20(8-11-26-12-9-20)16-5-3-4-6-17(16)21/h3-6,13H,7-12,14H2,1-2H3,(H2,22,23,25). The maximum absolute atomic E-state index is 6.53. The van der Waals surface area contributed by atoms with Gasteiger partial charge in [0.05, 0.1) is 5.01 Å². The second kappa shape index (κ2) is 9.53. The van der Waals surface area contributed by atoms with Crippen molar-refractivity contribution in [2.45, 2.75) is 31.6 Å². The van der Waals surface area contributed by atoms with E-state index in [9.17, 15) is 0 Å². The van der Waals surface area contributed by atoms with E-state index in [1.807, 2.05) is 18.3 Å². The lowest BCUT2D eigenvalue weighted by atomic mass is 9.74. The summed E-state index contributed by atoms with van der Waals surface area (Å²) < 4.78 is 5.61. The molecule has 2 N–H and O–H groups in total. The van der Waals surface area contributed by atoms with Crippen molar-refractivity contribution in [3.05, 3.63) is 50.9 Å². The molecular weight excluding hydrogens is 380 g/mol. The van der Waals surface area contributed by atoms with Crippen molar-refractivity contribution in [1.82, 2.24) is 15.6 Å². The van der Waals surface area contributed by atoms with Gasteiger partial charge in [0.1, 0.15) is 0 Å². The second-order valence-corrected chi connectivity index (χ2v) is 8.57. The minimum Gasteiger partial charge on any atom is -0.381 e. The molecule has 1 aliphatic rings. The maximum atomic E-state index is 6.53. The van der Waals surface area contributed by atoms with E-state index in [2.05, 4.69) is 39.7 Å². The fraction of sp³-hybridized carbons (Fsp3) is 0.500. The Balaban J connectivity index is 1.61. The fourth-order valence-electron chi connectivity index (χ4n) is 3.47. The molecule has 1 aromatic heterocycles. The number of rotatable bonds is 6. The molecule has 2 aromatic rings. The molecule has 7 heteroatoms. The Bertz CT molecular complexity index is 771. The van der Waals surface area contributed by atoms with Crippen molar-refractivity contribution in [2.24, 2.45) is 4.99 Å². The SMILES string of the molecule is CN=C(NCCc1ncc(C)s1)NCC1(c2ccccc2Cl)CCOCC1. The number of aryl methyl sites for hydroxylation is 1. The number of nitrogens with zero attached hydrogens (tertiary/aromatic N) is 2. The van der Waals surface area contributed by atoms with Crippen LogP contribution in [0.3, 0.4) is 0 Å². The number of thiazole rings is 1. The van der Waals surface area contributed by atoms with E-state index < -0.39 is 0 Å². The van der Waals surface area contributed by atoms with Gasteiger partial charge in [-0.2, -0.15) is 0 Å². The number of hydrogen-bond donors (Lipinski definition) is 2. The number of aromatic nitrogens is 1. The van der Waals surface area contributed by atoms with Gasteiger partial charge < -0.3 is 15.4 Å². The van der Waals surface area contributed by atoms with Gasteiger partial charge in [-0.25, -0.2) is 4.98 Å². The van der Waals surface area contributed by atoms with Crippen molar-refractivity contribution >= 4 is 28.9 Å². The first-order chi connectivity index (χ1) is 13.1. The average Bonchev–Trinajstić information content (AvgIpc) is 3.10. The monoisotopic (exact) mass is 406 g/mol. The number of ether oxygens (including phenoxy) is 1. The third-order valence-corrected chi connectivity index (χ3v) is 6.32. The zero-order valence-electron chi connectivity index (χ0n) is 15.9. The Hall–Kier alpha value is -1.63. The molecule has 0 saturated carbocycles. The summed E-state index contributed by atoms with van der Waals surface area (Å²) in [5.74, 6) is 0.807. The Morgan fingerprint density at radius 2 is 2.07 bits per heavy atom. The van der Waals surface area contributed by atoms with Crippen LogP contribution in [0, 0.1) is 6.92 Å². The third-order valence-electron chi connectivity index (χ3n) is 5.01. The molecule has 2 heterocycles. The van der Waals surface area contributed by atoms with Crippen LogP contribution in [0.4, 0.5) is 0 Å². The zero-order valence-corrected chi connectivity index (χ0v) is 17.5. The fourth-order valence-corrected chi connectivity index (χ4v) is 4.60. The maximum Gasteiger partial charge on any atom is 0.191 e. The minimum atomic E-state index is -0.0410. The first-order valence-corrected chi connectivity index (χ1v) is 10.5. The van der Waals surface area contributed by atoms with Gasteiger partial charge in [0, 0.05) is 61.3 Å². The second-order valence-electron chi connectivity index (χ2n) is 6.84. The van der Waals surface area contributed by atoms with Crippen LogP contribution in [0.5, 0.6) is 0 Å². The summed E-state index contributed by atoms with van der Waals surface area (Å²) in [5, 5.41) is 8.86. The van der Waals surface area contributed by atoms with Gasteiger partial charge in [0.25, 0.3) is 0 Å². The van der Waals surface area contributed by atoms with Gasteiger partial charge in [0.2, 0.25) is 0 Å². The van der Waals surface area contributed by atoms with Gasteiger partial charge in [-0.15, -0.1) is 11.3 Å². The molecule has 1 saturated heterocycles. The number of benzene rings is 1. The predicted octanol–water partition coefficient (Wildman–Crippen LogP) is 3.56. The van der Waals surface area contributed by atoms with E-state index in [0.29, 0.717) is 0 Å². The van der Waals surface area contributed by atoms with Crippen molar-refractivity contribution < 1.29 is 4.74 Å². The minimum absolute atomic E-state index is 0.0410. The highest BCUT2D eigenvalue weighted by Crippen LogP contribution is 2.38. The van der Waals surface area contributed by atoms with E-state index in [1.54, 1.807) is 18.4 Å². The zero-order chi connectivity index (χ0) is 19.1. The molecule has 0 unspecified atom stereocenters. The molecule has 0 radical (unpaired) electrons. The number of hydrogen-bond acceptors (Lipinski definition) is 4. The predicted molar refractivity (Wildman–Crippen MR) is 113 cm³/mol. The summed E-state index contributed by atoms with van der Waals surface area (Å²) in [6.07, 6.45) is 4.70. The summed E-state index contributed by atoms with van der Waals surface area (Å²) in [5.41, 5.74) is 1.15. The van der Waals surface area contributed by atoms with Gasteiger partial charge >= 0.3 is 0 Å². The Labute approximate surface area is 170 Å². The molecule has 1 fully saturated rings. The summed E-state index contributed by atoms with van der Waals surface area (Å²) >= 11 is 8.27. The molecule has 0 bridgehead atoms. The average molecular weight is 407 g/mol. The first kappa shape index (κ1) is 20.1. The van der Waals surface area contributed by atoms with Crippen molar-refractivity contribution in [3.8, 4) is 0 Å². The lowest BCUT2D eigenvalue weighted by Gasteiger charge is -2.38. The van der Waals surface area contributed by atoms with Gasteiger partial charge in [-0.3, -0.25) is 4.99 Å². The Morgan fingerprint density at radius 1 is 1.30 bits per heavy atom. The van der Waals surface area contributed by atoms with Crippen LogP contribution in [0.2, 0.25) is 5.02 Å². The lowest BCUT2D eigenvalue weighted by molar-refractivity contribution is 0.0514. The molecule has 0 amide bonds. The van der Waals surface area contributed by atoms with E-state index in [1.165, 1.54) is 10.4 Å². The molecule has 0 aliphatic carbocycles. The lowest BCUT2D eigenvalue weighted by Crippen LogP contribution is -2.48. The van der Waals surface area contributed by atoms with Crippen molar-refractivity contribution in [2.75, 3.05) is 33.4 Å². The molecule has 1 aromatic carbocycles. The molecule has 27 heavy (non-hydrogen) atoms. The molecule has 0 spiro atoms. The highest BCUT2D eigenvalue weighted by Gasteiger charge is 2.36. The normalized spacial score (nSPS) is 16.9. The molecule has 0 atom stereocenters. The number of nitrogens with one attached hydrogen (secondary N) is 2. The van der Waals surface area contributed by atoms with Crippen LogP contribution in [0.15, 0.2) is 35.5 Å². The highest BCUT2D eigenvalue weighted by molar-refractivity contribution is 7.11. The summed E-state index contributed by atoms with van der Waals surface area (Å²) in [7, 11) is 1.80. The van der Waals surface area contributed by atoms with E-state index >= 15 is 0 Å². The Kier molecular flexibility index (Phi) is 7.10. The summed E-state index contributed by atoms with van der Waals surface area (Å²) in [6, 6.07) is 8.14. The van der Waals surface area contributed by atoms with Crippen molar-refractivity contribution in [1.29, 1.82) is 0 Å². The highest BCUT2D eigenvalue weighted by atomic mass is 35.5.